The quantitative estimate of drug-likeness (QED) is 0.756. The van der Waals surface area contributed by atoms with E-state index < -0.39 is 18.9 Å². The van der Waals surface area contributed by atoms with Crippen molar-refractivity contribution in [1.29, 1.82) is 0 Å². The van der Waals surface area contributed by atoms with E-state index in [1.165, 1.54) is 14.2 Å². The topological polar surface area (TPSA) is 30.5 Å². The molecule has 1 rings (SSSR count). The summed E-state index contributed by atoms with van der Waals surface area (Å²) in [5, 5.41) is 2.30. The zero-order valence-electron chi connectivity index (χ0n) is 10.9. The number of benzene rings is 1. The number of ether oxygens (including phenoxy) is 2. The van der Waals surface area contributed by atoms with E-state index in [1.807, 2.05) is 0 Å². The van der Waals surface area contributed by atoms with E-state index in [2.05, 4.69) is 21.2 Å². The van der Waals surface area contributed by atoms with Crippen molar-refractivity contribution in [3.8, 4) is 11.5 Å². The van der Waals surface area contributed by atoms with Crippen LogP contribution < -0.4 is 14.8 Å². The van der Waals surface area contributed by atoms with E-state index in [1.54, 1.807) is 12.1 Å². The minimum atomic E-state index is -4.05. The first kappa shape index (κ1) is 17.0. The van der Waals surface area contributed by atoms with Gasteiger partial charge in [-0.15, -0.1) is 0 Å². The zero-order valence-corrected chi connectivity index (χ0v) is 12.4. The average Bonchev–Trinajstić information content (AvgIpc) is 2.39. The fraction of sp³-hybridized carbons (Fsp3) is 0.500. The molecule has 114 valence electrons. The van der Waals surface area contributed by atoms with Crippen molar-refractivity contribution < 1.29 is 27.0 Å². The van der Waals surface area contributed by atoms with Gasteiger partial charge >= 0.3 is 12.3 Å². The summed E-state index contributed by atoms with van der Waals surface area (Å²) in [5.41, 5.74) is 0.590. The minimum Gasteiger partial charge on any atom is -0.493 e. The summed E-state index contributed by atoms with van der Waals surface area (Å²) in [6.07, 6.45) is -3.69. The van der Waals surface area contributed by atoms with Crippen molar-refractivity contribution in [2.45, 2.75) is 18.9 Å². The van der Waals surface area contributed by atoms with Gasteiger partial charge in [0.1, 0.15) is 0 Å². The minimum absolute atomic E-state index is 0.0107. The largest absolute Gasteiger partial charge is 0.493 e. The summed E-state index contributed by atoms with van der Waals surface area (Å²) in [6, 6.07) is 3.19. The Morgan fingerprint density at radius 3 is 2.25 bits per heavy atom. The molecule has 1 aromatic rings. The van der Waals surface area contributed by atoms with Crippen LogP contribution in [0.15, 0.2) is 16.6 Å². The fourth-order valence-electron chi connectivity index (χ4n) is 1.47. The first-order chi connectivity index (χ1) is 9.31. The third-order valence-corrected chi connectivity index (χ3v) is 3.29. The summed E-state index contributed by atoms with van der Waals surface area (Å²) < 4.78 is 60.2. The van der Waals surface area contributed by atoms with Crippen LogP contribution in [0, 0.1) is 0 Å². The highest BCUT2D eigenvalue weighted by Crippen LogP contribution is 2.33. The molecule has 0 saturated carbocycles. The van der Waals surface area contributed by atoms with Crippen molar-refractivity contribution in [1.82, 2.24) is 5.32 Å². The van der Waals surface area contributed by atoms with Gasteiger partial charge in [-0.25, -0.2) is 8.78 Å². The second-order valence-corrected chi connectivity index (χ2v) is 4.82. The molecule has 0 atom stereocenters. The average molecular weight is 360 g/mol. The van der Waals surface area contributed by atoms with E-state index in [-0.39, 0.29) is 6.54 Å². The van der Waals surface area contributed by atoms with E-state index in [9.17, 15) is 17.6 Å². The summed E-state index contributed by atoms with van der Waals surface area (Å²) in [4.78, 5) is 0. The van der Waals surface area contributed by atoms with Gasteiger partial charge in [0.15, 0.2) is 11.5 Å². The molecule has 8 heteroatoms. The van der Waals surface area contributed by atoms with Crippen LogP contribution in [0.5, 0.6) is 11.5 Å². The van der Waals surface area contributed by atoms with Gasteiger partial charge in [0.25, 0.3) is 0 Å². The van der Waals surface area contributed by atoms with Crippen LogP contribution in [0.3, 0.4) is 0 Å². The molecule has 0 saturated heterocycles. The van der Waals surface area contributed by atoms with Crippen molar-refractivity contribution in [3.05, 3.63) is 22.2 Å². The van der Waals surface area contributed by atoms with Crippen molar-refractivity contribution in [2.24, 2.45) is 0 Å². The lowest BCUT2D eigenvalue weighted by molar-refractivity contribution is -0.125. The molecule has 1 N–H and O–H groups in total. The van der Waals surface area contributed by atoms with Gasteiger partial charge in [0.05, 0.1) is 20.8 Å². The predicted octanol–water partition coefficient (Wildman–Crippen LogP) is 3.46. The number of hydrogen-bond acceptors (Lipinski definition) is 3. The Labute approximate surface area is 122 Å². The molecule has 0 bridgehead atoms. The number of hydrogen-bond donors (Lipinski definition) is 1. The Kier molecular flexibility index (Phi) is 6.07. The lowest BCUT2D eigenvalue weighted by Gasteiger charge is -2.17. The summed E-state index contributed by atoms with van der Waals surface area (Å²) in [7, 11) is 2.90. The van der Waals surface area contributed by atoms with Gasteiger partial charge in [-0.2, -0.15) is 8.78 Å². The van der Waals surface area contributed by atoms with E-state index in [4.69, 9.17) is 9.47 Å². The van der Waals surface area contributed by atoms with E-state index >= 15 is 0 Å². The Bertz CT molecular complexity index is 457. The molecular weight excluding hydrogens is 346 g/mol. The SMILES string of the molecule is COc1cc(Br)c(CNCC(F)(F)C(F)F)cc1OC. The van der Waals surface area contributed by atoms with Gasteiger partial charge in [0, 0.05) is 11.0 Å². The molecule has 0 spiro atoms. The molecule has 3 nitrogen and oxygen atoms in total. The van der Waals surface area contributed by atoms with E-state index in [0.717, 1.165) is 0 Å². The van der Waals surface area contributed by atoms with Crippen LogP contribution in [0.4, 0.5) is 17.6 Å². The third-order valence-electron chi connectivity index (χ3n) is 2.55. The Balaban J connectivity index is 2.74. The standard InChI is InChI=1S/C12H14BrF4NO2/c1-19-9-3-7(8(13)4-10(9)20-2)5-18-6-12(16,17)11(14)15/h3-4,11,18H,5-6H2,1-2H3. The molecular formula is C12H14BrF4NO2. The highest BCUT2D eigenvalue weighted by molar-refractivity contribution is 9.10. The molecule has 0 fully saturated rings. The predicted molar refractivity (Wildman–Crippen MR) is 69.9 cm³/mol. The van der Waals surface area contributed by atoms with Crippen LogP contribution in [-0.2, 0) is 6.54 Å². The summed E-state index contributed by atoms with van der Waals surface area (Å²) >= 11 is 3.25. The first-order valence-corrected chi connectivity index (χ1v) is 6.38. The molecule has 0 heterocycles. The molecule has 1 aromatic carbocycles. The van der Waals surface area contributed by atoms with Crippen LogP contribution in [0.1, 0.15) is 5.56 Å². The monoisotopic (exact) mass is 359 g/mol. The van der Waals surface area contributed by atoms with Crippen molar-refractivity contribution in [3.63, 3.8) is 0 Å². The fourth-order valence-corrected chi connectivity index (χ4v) is 1.94. The molecule has 0 aromatic heterocycles. The normalized spacial score (nSPS) is 11.8. The lowest BCUT2D eigenvalue weighted by atomic mass is 10.2. The van der Waals surface area contributed by atoms with Crippen LogP contribution in [0.25, 0.3) is 0 Å². The molecule has 0 aliphatic carbocycles. The maximum atomic E-state index is 12.7. The van der Waals surface area contributed by atoms with Gasteiger partial charge in [-0.05, 0) is 17.7 Å². The first-order valence-electron chi connectivity index (χ1n) is 5.59. The Morgan fingerprint density at radius 2 is 1.75 bits per heavy atom. The number of nitrogens with one attached hydrogen (secondary N) is 1. The van der Waals surface area contributed by atoms with Crippen LogP contribution >= 0.6 is 15.9 Å². The highest BCUT2D eigenvalue weighted by Gasteiger charge is 2.40. The second-order valence-electron chi connectivity index (χ2n) is 3.96. The van der Waals surface area contributed by atoms with E-state index in [0.29, 0.717) is 21.5 Å². The molecule has 20 heavy (non-hydrogen) atoms. The number of methoxy groups -OCH3 is 2. The lowest BCUT2D eigenvalue weighted by Crippen LogP contribution is -2.38. The van der Waals surface area contributed by atoms with Gasteiger partial charge in [-0.1, -0.05) is 15.9 Å². The van der Waals surface area contributed by atoms with Crippen LogP contribution in [0.2, 0.25) is 0 Å². The Morgan fingerprint density at radius 1 is 1.20 bits per heavy atom. The van der Waals surface area contributed by atoms with Gasteiger partial charge < -0.3 is 14.8 Å². The third kappa shape index (κ3) is 4.24. The zero-order chi connectivity index (χ0) is 15.3. The van der Waals surface area contributed by atoms with Crippen molar-refractivity contribution in [2.75, 3.05) is 20.8 Å². The molecule has 0 unspecified atom stereocenters. The maximum Gasteiger partial charge on any atom is 0.319 e. The Hall–Kier alpha value is -1.02. The molecule has 0 amide bonds. The molecule has 0 aliphatic heterocycles. The van der Waals surface area contributed by atoms with Crippen LogP contribution in [-0.4, -0.2) is 33.1 Å². The second kappa shape index (κ2) is 7.12. The smallest absolute Gasteiger partial charge is 0.319 e. The molecule has 0 radical (unpaired) electrons. The number of rotatable bonds is 7. The van der Waals surface area contributed by atoms with Crippen molar-refractivity contribution >= 4 is 15.9 Å². The number of halogens is 5. The van der Waals surface area contributed by atoms with Gasteiger partial charge in [-0.3, -0.25) is 0 Å². The summed E-state index contributed by atoms with van der Waals surface area (Å²) in [6.45, 7) is -1.12. The number of alkyl halides is 4. The summed E-state index contributed by atoms with van der Waals surface area (Å²) in [5.74, 6) is -3.16. The molecule has 0 aliphatic rings. The van der Waals surface area contributed by atoms with Gasteiger partial charge in [0.2, 0.25) is 0 Å². The highest BCUT2D eigenvalue weighted by atomic mass is 79.9. The maximum absolute atomic E-state index is 12.7.